The van der Waals surface area contributed by atoms with E-state index in [9.17, 15) is 0 Å². The lowest BCUT2D eigenvalue weighted by Crippen LogP contribution is -2.41. The summed E-state index contributed by atoms with van der Waals surface area (Å²) in [6.07, 6.45) is 6.49. The van der Waals surface area contributed by atoms with Gasteiger partial charge in [-0.2, -0.15) is 9.61 Å². The lowest BCUT2D eigenvalue weighted by atomic mass is 9.92. The lowest BCUT2D eigenvalue weighted by molar-refractivity contribution is 0.157. The monoisotopic (exact) mass is 370 g/mol. The average molecular weight is 371 g/mol. The molecule has 0 bridgehead atoms. The van der Waals surface area contributed by atoms with Gasteiger partial charge in [-0.3, -0.25) is 0 Å². The largest absolute Gasteiger partial charge is 0.302 e. The summed E-state index contributed by atoms with van der Waals surface area (Å²) >= 11 is 0. The van der Waals surface area contributed by atoms with Crippen LogP contribution in [-0.4, -0.2) is 68.9 Å². The first kappa shape index (κ1) is 18.8. The van der Waals surface area contributed by atoms with E-state index in [4.69, 9.17) is 5.10 Å². The molecule has 2 aliphatic rings. The number of hydrogen-bond acceptors (Lipinski definition) is 5. The fourth-order valence-electron chi connectivity index (χ4n) is 4.34. The minimum Gasteiger partial charge on any atom is -0.302 e. The summed E-state index contributed by atoms with van der Waals surface area (Å²) in [7, 11) is 0. The van der Waals surface area contributed by atoms with Crippen LogP contribution in [0.2, 0.25) is 0 Å². The quantitative estimate of drug-likeness (QED) is 0.828. The van der Waals surface area contributed by atoms with Crippen molar-refractivity contribution in [2.24, 2.45) is 0 Å². The molecule has 0 saturated carbocycles. The smallest absolute Gasteiger partial charge is 0.177 e. The maximum Gasteiger partial charge on any atom is 0.177 e. The van der Waals surface area contributed by atoms with Crippen molar-refractivity contribution in [1.29, 1.82) is 0 Å². The van der Waals surface area contributed by atoms with E-state index >= 15 is 0 Å². The van der Waals surface area contributed by atoms with E-state index in [1.54, 1.807) is 0 Å². The molecule has 2 aliphatic heterocycles. The molecular weight excluding hydrogens is 336 g/mol. The molecular formula is C21H34N6. The van der Waals surface area contributed by atoms with Crippen LogP contribution in [0.1, 0.15) is 70.3 Å². The molecule has 2 fully saturated rings. The first-order chi connectivity index (χ1) is 13.0. The molecule has 2 saturated heterocycles. The highest BCUT2D eigenvalue weighted by molar-refractivity contribution is 5.37. The Morgan fingerprint density at radius 1 is 0.889 bits per heavy atom. The molecule has 0 N–H and O–H groups in total. The van der Waals surface area contributed by atoms with Crippen molar-refractivity contribution in [2.75, 3.05) is 39.3 Å². The topological polar surface area (TPSA) is 49.6 Å². The summed E-state index contributed by atoms with van der Waals surface area (Å²) in [5.74, 6) is 1.51. The van der Waals surface area contributed by atoms with Crippen molar-refractivity contribution < 1.29 is 0 Å². The summed E-state index contributed by atoms with van der Waals surface area (Å²) in [5.41, 5.74) is 1.99. The third kappa shape index (κ3) is 4.32. The Morgan fingerprint density at radius 3 is 2.22 bits per heavy atom. The minimum atomic E-state index is 0.0353. The highest BCUT2D eigenvalue weighted by atomic mass is 15.4. The van der Waals surface area contributed by atoms with Gasteiger partial charge < -0.3 is 9.80 Å². The van der Waals surface area contributed by atoms with Gasteiger partial charge >= 0.3 is 0 Å². The molecule has 0 unspecified atom stereocenters. The van der Waals surface area contributed by atoms with Crippen LogP contribution in [0.25, 0.3) is 5.65 Å². The van der Waals surface area contributed by atoms with Gasteiger partial charge in [0.05, 0.1) is 5.69 Å². The van der Waals surface area contributed by atoms with Gasteiger partial charge in [-0.1, -0.05) is 27.2 Å². The molecule has 0 aliphatic carbocycles. The fourth-order valence-corrected chi connectivity index (χ4v) is 4.34. The highest BCUT2D eigenvalue weighted by Crippen LogP contribution is 2.28. The van der Waals surface area contributed by atoms with Gasteiger partial charge in [-0.25, -0.2) is 0 Å². The molecule has 0 aromatic carbocycles. The van der Waals surface area contributed by atoms with Crippen molar-refractivity contribution in [3.8, 4) is 0 Å². The van der Waals surface area contributed by atoms with E-state index in [0.717, 1.165) is 43.1 Å². The summed E-state index contributed by atoms with van der Waals surface area (Å²) in [6.45, 7) is 13.9. The van der Waals surface area contributed by atoms with Crippen molar-refractivity contribution in [1.82, 2.24) is 29.6 Å². The van der Waals surface area contributed by atoms with Crippen LogP contribution in [0, 0.1) is 0 Å². The van der Waals surface area contributed by atoms with Crippen molar-refractivity contribution >= 4 is 5.65 Å². The molecule has 0 amide bonds. The molecule has 148 valence electrons. The molecule has 6 nitrogen and oxygen atoms in total. The molecule has 2 aromatic rings. The van der Waals surface area contributed by atoms with Gasteiger partial charge in [-0.15, -0.1) is 10.2 Å². The van der Waals surface area contributed by atoms with Gasteiger partial charge in [0.15, 0.2) is 11.5 Å². The zero-order valence-corrected chi connectivity index (χ0v) is 17.2. The second-order valence-electron chi connectivity index (χ2n) is 9.31. The van der Waals surface area contributed by atoms with Crippen LogP contribution in [0.5, 0.6) is 0 Å². The van der Waals surface area contributed by atoms with Crippen LogP contribution in [-0.2, 0) is 5.41 Å². The van der Waals surface area contributed by atoms with Gasteiger partial charge in [0, 0.05) is 24.4 Å². The number of rotatable bonds is 4. The predicted octanol–water partition coefficient (Wildman–Crippen LogP) is 3.09. The average Bonchev–Trinajstić information content (AvgIpc) is 3.10. The SMILES string of the molecule is CC(C)(C)c1ccc2nnc(C3CCN(CCN4CCCCC4)CC3)n2n1. The number of nitrogens with zero attached hydrogens (tertiary/aromatic N) is 6. The van der Waals surface area contributed by atoms with Crippen LogP contribution in [0.4, 0.5) is 0 Å². The maximum atomic E-state index is 4.87. The van der Waals surface area contributed by atoms with Gasteiger partial charge in [0.1, 0.15) is 0 Å². The van der Waals surface area contributed by atoms with Gasteiger partial charge in [0.2, 0.25) is 0 Å². The summed E-state index contributed by atoms with van der Waals surface area (Å²) in [6, 6.07) is 4.13. The number of fused-ring (bicyclic) bond motifs is 1. The maximum absolute atomic E-state index is 4.87. The summed E-state index contributed by atoms with van der Waals surface area (Å²) in [4.78, 5) is 5.27. The molecule has 6 heteroatoms. The standard InChI is InChI=1S/C21H34N6/c1-21(2,3)18-7-8-19-22-23-20(27(19)24-18)17-9-13-26(14-10-17)16-15-25-11-5-4-6-12-25/h7-8,17H,4-6,9-16H2,1-3H3. The molecule has 4 heterocycles. The first-order valence-corrected chi connectivity index (χ1v) is 10.7. The molecule has 0 radical (unpaired) electrons. The molecule has 2 aromatic heterocycles. The van der Waals surface area contributed by atoms with Gasteiger partial charge in [0.25, 0.3) is 0 Å². The predicted molar refractivity (Wildman–Crippen MR) is 108 cm³/mol. The highest BCUT2D eigenvalue weighted by Gasteiger charge is 2.26. The van der Waals surface area contributed by atoms with Crippen LogP contribution in [0.3, 0.4) is 0 Å². The van der Waals surface area contributed by atoms with Crippen molar-refractivity contribution in [3.05, 3.63) is 23.7 Å². The van der Waals surface area contributed by atoms with Crippen molar-refractivity contribution in [3.63, 3.8) is 0 Å². The number of likely N-dealkylation sites (tertiary alicyclic amines) is 2. The van der Waals surface area contributed by atoms with E-state index in [2.05, 4.69) is 52.9 Å². The van der Waals surface area contributed by atoms with Gasteiger partial charge in [-0.05, 0) is 64.0 Å². The second kappa shape index (κ2) is 7.84. The molecule has 4 rings (SSSR count). The fraction of sp³-hybridized carbons (Fsp3) is 0.762. The number of aromatic nitrogens is 4. The Balaban J connectivity index is 1.37. The van der Waals surface area contributed by atoms with Crippen molar-refractivity contribution in [2.45, 2.75) is 64.2 Å². The Morgan fingerprint density at radius 2 is 1.56 bits per heavy atom. The first-order valence-electron chi connectivity index (χ1n) is 10.7. The lowest BCUT2D eigenvalue weighted by Gasteiger charge is -2.34. The Hall–Kier alpha value is -1.53. The molecule has 27 heavy (non-hydrogen) atoms. The van der Waals surface area contributed by atoms with E-state index in [1.165, 1.54) is 45.4 Å². The molecule has 0 spiro atoms. The zero-order chi connectivity index (χ0) is 18.9. The van der Waals surface area contributed by atoms with E-state index < -0.39 is 0 Å². The number of piperidine rings is 2. The Labute approximate surface area is 162 Å². The number of hydrogen-bond donors (Lipinski definition) is 0. The van der Waals surface area contributed by atoms with Crippen LogP contribution >= 0.6 is 0 Å². The second-order valence-corrected chi connectivity index (χ2v) is 9.31. The van der Waals surface area contributed by atoms with Crippen LogP contribution in [0.15, 0.2) is 12.1 Å². The summed E-state index contributed by atoms with van der Waals surface area (Å²) < 4.78 is 1.99. The Bertz CT molecular complexity index is 748. The third-order valence-corrected chi connectivity index (χ3v) is 6.19. The van der Waals surface area contributed by atoms with Crippen LogP contribution < -0.4 is 0 Å². The zero-order valence-electron chi connectivity index (χ0n) is 17.2. The van der Waals surface area contributed by atoms with E-state index in [-0.39, 0.29) is 5.41 Å². The molecule has 0 atom stereocenters. The normalized spacial score (nSPS) is 21.1. The van der Waals surface area contributed by atoms with E-state index in [0.29, 0.717) is 5.92 Å². The minimum absolute atomic E-state index is 0.0353. The summed E-state index contributed by atoms with van der Waals surface area (Å²) in [5, 5.41) is 13.7. The van der Waals surface area contributed by atoms with E-state index in [1.807, 2.05) is 4.52 Å². The third-order valence-electron chi connectivity index (χ3n) is 6.19. The Kier molecular flexibility index (Phi) is 5.46.